The van der Waals surface area contributed by atoms with Gasteiger partial charge in [-0.15, -0.1) is 0 Å². The van der Waals surface area contributed by atoms with Crippen LogP contribution in [0.4, 0.5) is 11.4 Å². The number of fused-ring (bicyclic) bond motifs is 1. The lowest BCUT2D eigenvalue weighted by Crippen LogP contribution is -2.30. The summed E-state index contributed by atoms with van der Waals surface area (Å²) in [6.07, 6.45) is 1.53. The van der Waals surface area contributed by atoms with Crippen molar-refractivity contribution in [3.8, 4) is 0 Å². The number of amides is 3. The Labute approximate surface area is 192 Å². The molecule has 0 fully saturated rings. The monoisotopic (exact) mass is 449 g/mol. The molecule has 0 saturated heterocycles. The van der Waals surface area contributed by atoms with Crippen LogP contribution in [0.5, 0.6) is 0 Å². The van der Waals surface area contributed by atoms with Crippen molar-refractivity contribution in [2.24, 2.45) is 0 Å². The molecule has 1 aliphatic rings. The number of halogens is 1. The predicted octanol–water partition coefficient (Wildman–Crippen LogP) is 5.74. The number of nitrogens with zero attached hydrogens (tertiary/aromatic N) is 2. The smallest absolute Gasteiger partial charge is 0.274 e. The molecule has 2 aromatic carbocycles. The molecule has 2 heterocycles. The molecule has 164 valence electrons. The topological polar surface area (TPSA) is 79.4 Å². The molecule has 4 rings (SSSR count). The lowest BCUT2D eigenvalue weighted by molar-refractivity contribution is 0.0924. The minimum Gasteiger partial charge on any atom is -0.320 e. The van der Waals surface area contributed by atoms with Crippen molar-refractivity contribution in [2.75, 3.05) is 10.2 Å². The van der Waals surface area contributed by atoms with Crippen LogP contribution >= 0.6 is 11.6 Å². The average molecular weight is 450 g/mol. The third-order valence-corrected chi connectivity index (χ3v) is 5.57. The minimum absolute atomic E-state index is 0.181. The second-order valence-corrected chi connectivity index (χ2v) is 7.57. The largest absolute Gasteiger partial charge is 0.320 e. The van der Waals surface area contributed by atoms with Crippen LogP contribution in [0.2, 0.25) is 5.02 Å². The Morgan fingerprint density at radius 1 is 0.969 bits per heavy atom. The summed E-state index contributed by atoms with van der Waals surface area (Å²) in [6.45, 7) is 9.49. The molecule has 0 aliphatic carbocycles. The van der Waals surface area contributed by atoms with Crippen LogP contribution in [0, 0.1) is 20.8 Å². The van der Waals surface area contributed by atoms with E-state index in [-0.39, 0.29) is 22.3 Å². The van der Waals surface area contributed by atoms with E-state index in [9.17, 15) is 14.4 Å². The summed E-state index contributed by atoms with van der Waals surface area (Å²) in [5.74, 6) is -1.19. The molecule has 1 aromatic heterocycles. The summed E-state index contributed by atoms with van der Waals surface area (Å²) in [7, 11) is 0. The van der Waals surface area contributed by atoms with Crippen LogP contribution in [-0.2, 0) is 0 Å². The third kappa shape index (κ3) is 4.01. The molecule has 1 N–H and O–H groups in total. The van der Waals surface area contributed by atoms with Crippen molar-refractivity contribution in [3.05, 3.63) is 87.2 Å². The van der Waals surface area contributed by atoms with E-state index in [1.54, 1.807) is 37.3 Å². The SMILES string of the molecule is CC.Cc1cc(N2C(=O)c3ccc(C)c(C)c3C2=O)c(Cl)cc1NC(=O)c1ccccn1. The van der Waals surface area contributed by atoms with Gasteiger partial charge < -0.3 is 5.32 Å². The normalized spacial score (nSPS) is 12.2. The van der Waals surface area contributed by atoms with Crippen LogP contribution in [-0.4, -0.2) is 22.7 Å². The first-order valence-electron chi connectivity index (χ1n) is 10.3. The minimum atomic E-state index is -0.412. The molecule has 0 bridgehead atoms. The summed E-state index contributed by atoms with van der Waals surface area (Å²) < 4.78 is 0. The van der Waals surface area contributed by atoms with Gasteiger partial charge in [-0.3, -0.25) is 19.4 Å². The number of hydrogen-bond acceptors (Lipinski definition) is 4. The first kappa shape index (κ1) is 23.2. The Bertz CT molecular complexity index is 1220. The number of benzene rings is 2. The number of nitrogens with one attached hydrogen (secondary N) is 1. The van der Waals surface area contributed by atoms with Gasteiger partial charge in [-0.25, -0.2) is 4.90 Å². The van der Waals surface area contributed by atoms with E-state index in [2.05, 4.69) is 10.3 Å². The number of aromatic nitrogens is 1. The number of aryl methyl sites for hydroxylation is 2. The van der Waals surface area contributed by atoms with E-state index in [1.807, 2.05) is 33.8 Å². The van der Waals surface area contributed by atoms with Gasteiger partial charge in [-0.2, -0.15) is 0 Å². The highest BCUT2D eigenvalue weighted by Gasteiger charge is 2.39. The third-order valence-electron chi connectivity index (χ3n) is 5.27. The molecule has 3 amide bonds. The Hall–Kier alpha value is -3.51. The molecule has 7 heteroatoms. The van der Waals surface area contributed by atoms with Gasteiger partial charge in [0.15, 0.2) is 0 Å². The number of anilines is 2. The number of carbonyl (C=O) groups excluding carboxylic acids is 3. The van der Waals surface area contributed by atoms with Crippen LogP contribution < -0.4 is 10.2 Å². The molecule has 0 unspecified atom stereocenters. The van der Waals surface area contributed by atoms with Crippen molar-refractivity contribution in [2.45, 2.75) is 34.6 Å². The molecule has 6 nitrogen and oxygen atoms in total. The van der Waals surface area contributed by atoms with Gasteiger partial charge in [0, 0.05) is 11.9 Å². The van der Waals surface area contributed by atoms with Crippen molar-refractivity contribution in [1.29, 1.82) is 0 Å². The van der Waals surface area contributed by atoms with Gasteiger partial charge >= 0.3 is 0 Å². The van der Waals surface area contributed by atoms with E-state index in [4.69, 9.17) is 11.6 Å². The van der Waals surface area contributed by atoms with E-state index >= 15 is 0 Å². The maximum atomic E-state index is 13.1. The van der Waals surface area contributed by atoms with Crippen LogP contribution in [0.25, 0.3) is 0 Å². The Morgan fingerprint density at radius 3 is 2.34 bits per heavy atom. The number of hydrogen-bond donors (Lipinski definition) is 1. The summed E-state index contributed by atoms with van der Waals surface area (Å²) >= 11 is 6.44. The average Bonchev–Trinajstić information content (AvgIpc) is 3.05. The van der Waals surface area contributed by atoms with Gasteiger partial charge in [-0.05, 0) is 67.8 Å². The molecule has 0 saturated carbocycles. The van der Waals surface area contributed by atoms with Crippen molar-refractivity contribution >= 4 is 40.7 Å². The van der Waals surface area contributed by atoms with Gasteiger partial charge in [0.05, 0.1) is 21.8 Å². The number of carbonyl (C=O) groups is 3. The second-order valence-electron chi connectivity index (χ2n) is 7.16. The standard InChI is InChI=1S/C23H18ClN3O3.C2H6/c1-12-7-8-15-20(14(12)3)23(30)27(22(15)29)19-10-13(2)18(11-16(19)24)26-21(28)17-6-4-5-9-25-17;1-2/h4-11H,1-3H3,(H,26,28);1-2H3. The van der Waals surface area contributed by atoms with Gasteiger partial charge in [0.1, 0.15) is 5.69 Å². The number of rotatable bonds is 3. The molecule has 0 atom stereocenters. The lowest BCUT2D eigenvalue weighted by atomic mass is 9.99. The Morgan fingerprint density at radius 2 is 1.69 bits per heavy atom. The number of imide groups is 1. The van der Waals surface area contributed by atoms with Crippen LogP contribution in [0.3, 0.4) is 0 Å². The molecule has 0 spiro atoms. The number of pyridine rings is 1. The van der Waals surface area contributed by atoms with Gasteiger partial charge in [0.25, 0.3) is 17.7 Å². The highest BCUT2D eigenvalue weighted by molar-refractivity contribution is 6.40. The highest BCUT2D eigenvalue weighted by Crippen LogP contribution is 2.38. The van der Waals surface area contributed by atoms with Crippen LogP contribution in [0.1, 0.15) is 61.7 Å². The maximum absolute atomic E-state index is 13.1. The van der Waals surface area contributed by atoms with Gasteiger partial charge in [-0.1, -0.05) is 37.6 Å². The zero-order valence-electron chi connectivity index (χ0n) is 18.6. The molecular formula is C25H24ClN3O3. The first-order valence-corrected chi connectivity index (χ1v) is 10.7. The molecule has 3 aromatic rings. The quantitative estimate of drug-likeness (QED) is 0.517. The fourth-order valence-corrected chi connectivity index (χ4v) is 3.72. The molecule has 32 heavy (non-hydrogen) atoms. The van der Waals surface area contributed by atoms with E-state index in [0.717, 1.165) is 16.0 Å². The predicted molar refractivity (Wildman–Crippen MR) is 127 cm³/mol. The zero-order chi connectivity index (χ0) is 23.6. The van der Waals surface area contributed by atoms with Crippen molar-refractivity contribution in [3.63, 3.8) is 0 Å². The van der Waals surface area contributed by atoms with Gasteiger partial charge in [0.2, 0.25) is 0 Å². The summed E-state index contributed by atoms with van der Waals surface area (Å²) in [5, 5.41) is 2.95. The van der Waals surface area contributed by atoms with E-state index < -0.39 is 11.8 Å². The van der Waals surface area contributed by atoms with Crippen LogP contribution in [0.15, 0.2) is 48.7 Å². The summed E-state index contributed by atoms with van der Waals surface area (Å²) in [4.78, 5) is 43.5. The molecular weight excluding hydrogens is 426 g/mol. The maximum Gasteiger partial charge on any atom is 0.274 e. The summed E-state index contributed by atoms with van der Waals surface area (Å²) in [6, 6.07) is 11.7. The second kappa shape index (κ2) is 9.32. The zero-order valence-corrected chi connectivity index (χ0v) is 19.4. The molecule has 0 radical (unpaired) electrons. The molecule has 1 aliphatic heterocycles. The Balaban J connectivity index is 0.00000141. The van der Waals surface area contributed by atoms with Crippen molar-refractivity contribution < 1.29 is 14.4 Å². The first-order chi connectivity index (χ1) is 15.3. The van der Waals surface area contributed by atoms with E-state index in [1.165, 1.54) is 12.3 Å². The fraction of sp³-hybridized carbons (Fsp3) is 0.200. The Kier molecular flexibility index (Phi) is 6.75. The lowest BCUT2D eigenvalue weighted by Gasteiger charge is -2.18. The van der Waals surface area contributed by atoms with Crippen molar-refractivity contribution in [1.82, 2.24) is 4.98 Å². The fourth-order valence-electron chi connectivity index (χ4n) is 3.47. The summed E-state index contributed by atoms with van der Waals surface area (Å²) in [5.41, 5.74) is 4.17. The van der Waals surface area contributed by atoms with E-state index in [0.29, 0.717) is 22.4 Å². The highest BCUT2D eigenvalue weighted by atomic mass is 35.5.